The number of nitrogens with two attached hydrogens (primary N) is 1. The fourth-order valence-electron chi connectivity index (χ4n) is 3.38. The third kappa shape index (κ3) is 4.62. The summed E-state index contributed by atoms with van der Waals surface area (Å²) in [6, 6.07) is 22.5. The van der Waals surface area contributed by atoms with Gasteiger partial charge in [0.15, 0.2) is 0 Å². The minimum atomic E-state index is -0.623. The summed E-state index contributed by atoms with van der Waals surface area (Å²) in [5.74, 6) is 5.77. The minimum absolute atomic E-state index is 0.328. The van der Waals surface area contributed by atoms with Crippen LogP contribution >= 0.6 is 22.9 Å². The maximum absolute atomic E-state index is 12.0. The van der Waals surface area contributed by atoms with Crippen LogP contribution < -0.4 is 15.4 Å². The summed E-state index contributed by atoms with van der Waals surface area (Å²) in [5.41, 5.74) is 3.90. The molecule has 1 aromatic heterocycles. The smallest absolute Gasteiger partial charge is 0.356 e. The van der Waals surface area contributed by atoms with E-state index in [2.05, 4.69) is 4.84 Å². The summed E-state index contributed by atoms with van der Waals surface area (Å²) < 4.78 is 11.7. The molecule has 4 rings (SSSR count). The molecule has 0 unspecified atom stereocenters. The molecule has 2 N–H and O–H groups in total. The van der Waals surface area contributed by atoms with Crippen molar-refractivity contribution in [2.45, 2.75) is 6.61 Å². The van der Waals surface area contributed by atoms with Gasteiger partial charge in [0.1, 0.15) is 18.1 Å². The fraction of sp³-hybridized carbons (Fsp3) is 0.0800. The Kier molecular flexibility index (Phi) is 6.75. The van der Waals surface area contributed by atoms with Crippen molar-refractivity contribution in [1.82, 2.24) is 0 Å². The number of carbonyl (C=O) groups is 1. The Morgan fingerprint density at radius 3 is 2.47 bits per heavy atom. The topological polar surface area (TPSA) is 70.8 Å². The molecule has 1 heterocycles. The molecule has 162 valence electrons. The number of rotatable bonds is 7. The van der Waals surface area contributed by atoms with Crippen molar-refractivity contribution in [3.63, 3.8) is 0 Å². The monoisotopic (exact) mass is 465 g/mol. The quantitative estimate of drug-likeness (QED) is 0.322. The van der Waals surface area contributed by atoms with Crippen molar-refractivity contribution in [2.24, 2.45) is 5.90 Å². The molecule has 0 saturated carbocycles. The van der Waals surface area contributed by atoms with Gasteiger partial charge < -0.3 is 14.3 Å². The second-order valence-corrected chi connectivity index (χ2v) is 8.25. The van der Waals surface area contributed by atoms with Crippen LogP contribution in [0.2, 0.25) is 5.02 Å². The first-order valence-electron chi connectivity index (χ1n) is 9.74. The summed E-state index contributed by atoms with van der Waals surface area (Å²) >= 11 is 7.86. The SMILES string of the molecule is COc1ccc(C(=O)ON)cc1-c1sccc1-c1cc(Cl)ccc1OCc1ccccc1. The molecule has 0 fully saturated rings. The van der Waals surface area contributed by atoms with Gasteiger partial charge in [-0.3, -0.25) is 0 Å². The maximum atomic E-state index is 12.0. The second-order valence-electron chi connectivity index (χ2n) is 6.90. The van der Waals surface area contributed by atoms with E-state index < -0.39 is 5.97 Å². The Balaban J connectivity index is 1.77. The third-order valence-electron chi connectivity index (χ3n) is 4.92. The lowest BCUT2D eigenvalue weighted by atomic mass is 10.00. The molecule has 32 heavy (non-hydrogen) atoms. The number of hydrogen-bond acceptors (Lipinski definition) is 6. The van der Waals surface area contributed by atoms with Gasteiger partial charge in [0.25, 0.3) is 0 Å². The summed E-state index contributed by atoms with van der Waals surface area (Å²) in [6.07, 6.45) is 0. The summed E-state index contributed by atoms with van der Waals surface area (Å²) in [4.78, 5) is 17.3. The molecule has 3 aromatic carbocycles. The normalized spacial score (nSPS) is 10.6. The van der Waals surface area contributed by atoms with Gasteiger partial charge in [-0.15, -0.1) is 11.3 Å². The van der Waals surface area contributed by atoms with Crippen LogP contribution in [0, 0.1) is 0 Å². The standard InChI is InChI=1S/C25H20ClNO4S/c1-29-22-9-7-17(25(28)31-27)13-21(22)24-19(11-12-32-24)20-14-18(26)8-10-23(20)30-15-16-5-3-2-4-6-16/h2-14H,15,27H2,1H3. The maximum Gasteiger partial charge on any atom is 0.356 e. The van der Waals surface area contributed by atoms with E-state index in [0.29, 0.717) is 28.7 Å². The molecule has 4 aromatic rings. The molecule has 0 radical (unpaired) electrons. The van der Waals surface area contributed by atoms with Crippen LogP contribution in [0.1, 0.15) is 15.9 Å². The van der Waals surface area contributed by atoms with Crippen molar-refractivity contribution >= 4 is 28.9 Å². The molecule has 0 aliphatic carbocycles. The zero-order valence-corrected chi connectivity index (χ0v) is 18.8. The van der Waals surface area contributed by atoms with Crippen molar-refractivity contribution in [3.8, 4) is 33.1 Å². The molecule has 0 aliphatic heterocycles. The molecule has 0 spiro atoms. The van der Waals surface area contributed by atoms with Crippen LogP contribution in [-0.2, 0) is 11.4 Å². The lowest BCUT2D eigenvalue weighted by Gasteiger charge is -2.15. The largest absolute Gasteiger partial charge is 0.496 e. The molecule has 0 amide bonds. The van der Waals surface area contributed by atoms with E-state index in [0.717, 1.165) is 27.1 Å². The molecule has 0 saturated heterocycles. The van der Waals surface area contributed by atoms with E-state index in [1.54, 1.807) is 31.4 Å². The van der Waals surface area contributed by atoms with Gasteiger partial charge in [0.2, 0.25) is 0 Å². The van der Waals surface area contributed by atoms with Crippen LogP contribution in [0.4, 0.5) is 0 Å². The predicted molar refractivity (Wildman–Crippen MR) is 127 cm³/mol. The lowest BCUT2D eigenvalue weighted by Crippen LogP contribution is -2.10. The summed E-state index contributed by atoms with van der Waals surface area (Å²) in [7, 11) is 1.58. The lowest BCUT2D eigenvalue weighted by molar-refractivity contribution is 0.0503. The Morgan fingerprint density at radius 1 is 0.938 bits per heavy atom. The second kappa shape index (κ2) is 9.87. The van der Waals surface area contributed by atoms with E-state index in [-0.39, 0.29) is 0 Å². The number of benzene rings is 3. The number of ether oxygens (including phenoxy) is 2. The van der Waals surface area contributed by atoms with Gasteiger partial charge in [-0.05, 0) is 53.4 Å². The van der Waals surface area contributed by atoms with Crippen molar-refractivity contribution in [2.75, 3.05) is 7.11 Å². The zero-order chi connectivity index (χ0) is 22.5. The molecule has 0 atom stereocenters. The predicted octanol–water partition coefficient (Wildman–Crippen LogP) is 6.35. The van der Waals surface area contributed by atoms with Crippen LogP contribution in [0.5, 0.6) is 11.5 Å². The van der Waals surface area contributed by atoms with Gasteiger partial charge in [0.05, 0.1) is 12.7 Å². The average molecular weight is 466 g/mol. The van der Waals surface area contributed by atoms with Crippen LogP contribution in [0.15, 0.2) is 78.2 Å². The molecule has 7 heteroatoms. The Bertz CT molecular complexity index is 1240. The Hall–Kier alpha value is -3.32. The van der Waals surface area contributed by atoms with E-state index >= 15 is 0 Å². The van der Waals surface area contributed by atoms with Gasteiger partial charge >= 0.3 is 5.97 Å². The van der Waals surface area contributed by atoms with Crippen molar-refractivity contribution in [1.29, 1.82) is 0 Å². The highest BCUT2D eigenvalue weighted by atomic mass is 35.5. The zero-order valence-electron chi connectivity index (χ0n) is 17.2. The highest BCUT2D eigenvalue weighted by molar-refractivity contribution is 7.14. The number of methoxy groups -OCH3 is 1. The molecule has 0 aliphatic rings. The molecular formula is C25H20ClNO4S. The Labute approximate surface area is 194 Å². The van der Waals surface area contributed by atoms with Crippen molar-refractivity contribution in [3.05, 3.63) is 94.3 Å². The van der Waals surface area contributed by atoms with E-state index in [1.165, 1.54) is 11.3 Å². The average Bonchev–Trinajstić information content (AvgIpc) is 3.32. The van der Waals surface area contributed by atoms with Gasteiger partial charge in [-0.2, -0.15) is 5.90 Å². The number of hydrogen-bond donors (Lipinski definition) is 1. The minimum Gasteiger partial charge on any atom is -0.496 e. The first-order valence-corrected chi connectivity index (χ1v) is 11.0. The first-order chi connectivity index (χ1) is 15.6. The fourth-order valence-corrected chi connectivity index (χ4v) is 4.49. The van der Waals surface area contributed by atoms with Crippen LogP contribution in [-0.4, -0.2) is 13.1 Å². The molecule has 5 nitrogen and oxygen atoms in total. The van der Waals surface area contributed by atoms with Gasteiger partial charge in [-0.1, -0.05) is 41.9 Å². The van der Waals surface area contributed by atoms with Gasteiger partial charge in [0, 0.05) is 26.6 Å². The van der Waals surface area contributed by atoms with E-state index in [4.69, 9.17) is 27.0 Å². The van der Waals surface area contributed by atoms with Gasteiger partial charge in [-0.25, -0.2) is 4.79 Å². The third-order valence-corrected chi connectivity index (χ3v) is 6.10. The molecular weight excluding hydrogens is 446 g/mol. The number of halogens is 1. The van der Waals surface area contributed by atoms with E-state index in [9.17, 15) is 4.79 Å². The highest BCUT2D eigenvalue weighted by Gasteiger charge is 2.19. The van der Waals surface area contributed by atoms with Crippen LogP contribution in [0.3, 0.4) is 0 Å². The first kappa shape index (κ1) is 21.9. The summed E-state index contributed by atoms with van der Waals surface area (Å²) in [6.45, 7) is 0.427. The van der Waals surface area contributed by atoms with E-state index in [1.807, 2.05) is 53.9 Å². The number of carbonyl (C=O) groups excluding carboxylic acids is 1. The number of thiophene rings is 1. The Morgan fingerprint density at radius 2 is 1.72 bits per heavy atom. The highest BCUT2D eigenvalue weighted by Crippen LogP contribution is 2.45. The van der Waals surface area contributed by atoms with Crippen molar-refractivity contribution < 1.29 is 19.1 Å². The van der Waals surface area contributed by atoms with Crippen LogP contribution in [0.25, 0.3) is 21.6 Å². The summed E-state index contributed by atoms with van der Waals surface area (Å²) in [5, 5.41) is 2.57. The molecule has 0 bridgehead atoms.